The van der Waals surface area contributed by atoms with Crippen molar-refractivity contribution in [2.24, 2.45) is 0 Å². The van der Waals surface area contributed by atoms with E-state index in [0.29, 0.717) is 16.2 Å². The minimum atomic E-state index is -4.50. The maximum absolute atomic E-state index is 12.7. The number of anilines is 1. The number of furan rings is 1. The summed E-state index contributed by atoms with van der Waals surface area (Å²) in [7, 11) is 0. The highest BCUT2D eigenvalue weighted by Gasteiger charge is 2.33. The number of nitrogens with one attached hydrogen (secondary N) is 1. The van der Waals surface area contributed by atoms with Gasteiger partial charge in [-0.2, -0.15) is 13.2 Å². The van der Waals surface area contributed by atoms with Crippen molar-refractivity contribution in [3.8, 4) is 0 Å². The van der Waals surface area contributed by atoms with Crippen LogP contribution in [0.4, 0.5) is 18.9 Å². The average Bonchev–Trinajstić information content (AvgIpc) is 2.99. The van der Waals surface area contributed by atoms with Crippen LogP contribution in [-0.2, 0) is 22.6 Å². The summed E-state index contributed by atoms with van der Waals surface area (Å²) in [5.41, 5.74) is 1.09. The van der Waals surface area contributed by atoms with Gasteiger partial charge in [-0.05, 0) is 29.8 Å². The predicted molar refractivity (Wildman–Crippen MR) is 84.6 cm³/mol. The van der Waals surface area contributed by atoms with E-state index < -0.39 is 18.6 Å². The van der Waals surface area contributed by atoms with Crippen molar-refractivity contribution in [1.82, 2.24) is 4.90 Å². The fraction of sp³-hybridized carbons (Fsp3) is 0.294. The lowest BCUT2D eigenvalue weighted by molar-refractivity contribution is -0.162. The third-order valence-corrected chi connectivity index (χ3v) is 3.28. The Kier molecular flexibility index (Phi) is 5.84. The van der Waals surface area contributed by atoms with Gasteiger partial charge in [0.1, 0.15) is 12.3 Å². The molecule has 5 nitrogen and oxygen atoms in total. The number of hydrogen-bond donors (Lipinski definition) is 1. The normalized spacial score (nSPS) is 11.2. The van der Waals surface area contributed by atoms with Crippen LogP contribution in [0, 0.1) is 0 Å². The van der Waals surface area contributed by atoms with Crippen LogP contribution in [-0.4, -0.2) is 29.4 Å². The first kappa shape index (κ1) is 18.6. The summed E-state index contributed by atoms with van der Waals surface area (Å²) in [4.78, 5) is 24.0. The zero-order valence-electron chi connectivity index (χ0n) is 13.5. The van der Waals surface area contributed by atoms with Gasteiger partial charge in [-0.15, -0.1) is 0 Å². The van der Waals surface area contributed by atoms with E-state index in [4.69, 9.17) is 4.42 Å². The first-order valence-corrected chi connectivity index (χ1v) is 7.46. The summed E-state index contributed by atoms with van der Waals surface area (Å²) in [5.74, 6) is -0.627. The predicted octanol–water partition coefficient (Wildman–Crippen LogP) is 3.37. The van der Waals surface area contributed by atoms with Crippen molar-refractivity contribution in [2.45, 2.75) is 26.1 Å². The molecule has 0 saturated carbocycles. The largest absolute Gasteiger partial charge is 0.467 e. The number of alkyl halides is 3. The number of amides is 2. The zero-order chi connectivity index (χ0) is 18.4. The van der Waals surface area contributed by atoms with Crippen LogP contribution < -0.4 is 5.32 Å². The standard InChI is InChI=1S/C17H17F3N2O3/c1-12(23)21-14-6-4-13(5-7-14)9-16(24)22(11-17(18,19)20)10-15-3-2-8-25-15/h2-8H,9-11H2,1H3,(H,21,23). The van der Waals surface area contributed by atoms with Crippen molar-refractivity contribution in [3.63, 3.8) is 0 Å². The van der Waals surface area contributed by atoms with E-state index in [2.05, 4.69) is 5.32 Å². The van der Waals surface area contributed by atoms with Crippen molar-refractivity contribution < 1.29 is 27.2 Å². The zero-order valence-corrected chi connectivity index (χ0v) is 13.5. The van der Waals surface area contributed by atoms with Crippen LogP contribution in [0.25, 0.3) is 0 Å². The molecule has 1 aromatic heterocycles. The molecule has 0 bridgehead atoms. The second kappa shape index (κ2) is 7.87. The van der Waals surface area contributed by atoms with Gasteiger partial charge in [0.05, 0.1) is 19.2 Å². The maximum Gasteiger partial charge on any atom is 0.406 e. The number of carbonyl (C=O) groups excluding carboxylic acids is 2. The van der Waals surface area contributed by atoms with Gasteiger partial charge in [-0.1, -0.05) is 12.1 Å². The smallest absolute Gasteiger partial charge is 0.406 e. The number of nitrogens with zero attached hydrogens (tertiary/aromatic N) is 1. The van der Waals surface area contributed by atoms with Gasteiger partial charge in [0.25, 0.3) is 0 Å². The molecular formula is C17H17F3N2O3. The molecule has 1 aromatic carbocycles. The SMILES string of the molecule is CC(=O)Nc1ccc(CC(=O)N(Cc2ccco2)CC(F)(F)F)cc1. The molecule has 0 aliphatic heterocycles. The molecule has 2 aromatic rings. The molecule has 25 heavy (non-hydrogen) atoms. The van der Waals surface area contributed by atoms with Crippen molar-refractivity contribution >= 4 is 17.5 Å². The van der Waals surface area contributed by atoms with Crippen LogP contribution in [0.2, 0.25) is 0 Å². The minimum absolute atomic E-state index is 0.183. The average molecular weight is 354 g/mol. The topological polar surface area (TPSA) is 62.6 Å². The molecular weight excluding hydrogens is 337 g/mol. The first-order chi connectivity index (χ1) is 11.7. The quantitative estimate of drug-likeness (QED) is 0.865. The minimum Gasteiger partial charge on any atom is -0.467 e. The number of benzene rings is 1. The molecule has 1 N–H and O–H groups in total. The third-order valence-electron chi connectivity index (χ3n) is 3.28. The molecule has 0 spiro atoms. The Labute approximate surface area is 142 Å². The molecule has 1 heterocycles. The van der Waals surface area contributed by atoms with E-state index in [-0.39, 0.29) is 24.6 Å². The molecule has 0 radical (unpaired) electrons. The fourth-order valence-electron chi connectivity index (χ4n) is 2.23. The van der Waals surface area contributed by atoms with Gasteiger partial charge in [0.15, 0.2) is 0 Å². The van der Waals surface area contributed by atoms with E-state index in [1.165, 1.54) is 19.3 Å². The van der Waals surface area contributed by atoms with Crippen molar-refractivity contribution in [1.29, 1.82) is 0 Å². The molecule has 0 aliphatic rings. The van der Waals surface area contributed by atoms with E-state index in [0.717, 1.165) is 0 Å². The lowest BCUT2D eigenvalue weighted by atomic mass is 10.1. The van der Waals surface area contributed by atoms with Gasteiger partial charge < -0.3 is 14.6 Å². The van der Waals surface area contributed by atoms with Crippen LogP contribution in [0.1, 0.15) is 18.2 Å². The molecule has 0 atom stereocenters. The second-order valence-electron chi connectivity index (χ2n) is 5.50. The monoisotopic (exact) mass is 354 g/mol. The van der Waals surface area contributed by atoms with Gasteiger partial charge in [0, 0.05) is 12.6 Å². The van der Waals surface area contributed by atoms with E-state index >= 15 is 0 Å². The Morgan fingerprint density at radius 2 is 1.84 bits per heavy atom. The first-order valence-electron chi connectivity index (χ1n) is 7.46. The molecule has 2 rings (SSSR count). The molecule has 0 unspecified atom stereocenters. The van der Waals surface area contributed by atoms with Crippen LogP contribution in [0.3, 0.4) is 0 Å². The molecule has 8 heteroatoms. The lowest BCUT2D eigenvalue weighted by Gasteiger charge is -2.23. The summed E-state index contributed by atoms with van der Waals surface area (Å²) >= 11 is 0. The number of halogens is 3. The van der Waals surface area contributed by atoms with Crippen molar-refractivity contribution in [3.05, 3.63) is 54.0 Å². The highest BCUT2D eigenvalue weighted by Crippen LogP contribution is 2.20. The number of hydrogen-bond acceptors (Lipinski definition) is 3. The van der Waals surface area contributed by atoms with Gasteiger partial charge in [-0.25, -0.2) is 0 Å². The summed E-state index contributed by atoms with van der Waals surface area (Å²) in [6, 6.07) is 9.41. The summed E-state index contributed by atoms with van der Waals surface area (Å²) in [5, 5.41) is 2.57. The second-order valence-corrected chi connectivity index (χ2v) is 5.50. The molecule has 0 fully saturated rings. The Bertz CT molecular complexity index is 710. The lowest BCUT2D eigenvalue weighted by Crippen LogP contribution is -2.39. The number of carbonyl (C=O) groups is 2. The van der Waals surface area contributed by atoms with Crippen molar-refractivity contribution in [2.75, 3.05) is 11.9 Å². The van der Waals surface area contributed by atoms with Crippen LogP contribution >= 0.6 is 0 Å². The Morgan fingerprint density at radius 3 is 2.36 bits per heavy atom. The third kappa shape index (κ3) is 6.33. The van der Waals surface area contributed by atoms with E-state index in [1.807, 2.05) is 0 Å². The fourth-order valence-corrected chi connectivity index (χ4v) is 2.23. The van der Waals surface area contributed by atoms with Gasteiger partial charge >= 0.3 is 6.18 Å². The Balaban J connectivity index is 2.06. The molecule has 2 amide bonds. The van der Waals surface area contributed by atoms with Gasteiger partial charge in [0.2, 0.25) is 11.8 Å². The van der Waals surface area contributed by atoms with Crippen LogP contribution in [0.5, 0.6) is 0 Å². The van der Waals surface area contributed by atoms with E-state index in [9.17, 15) is 22.8 Å². The highest BCUT2D eigenvalue weighted by molar-refractivity contribution is 5.88. The highest BCUT2D eigenvalue weighted by atomic mass is 19.4. The molecule has 134 valence electrons. The Hall–Kier alpha value is -2.77. The summed E-state index contributed by atoms with van der Waals surface area (Å²) in [6.45, 7) is -0.243. The van der Waals surface area contributed by atoms with Crippen LogP contribution in [0.15, 0.2) is 47.1 Å². The van der Waals surface area contributed by atoms with E-state index in [1.54, 1.807) is 30.3 Å². The Morgan fingerprint density at radius 1 is 1.16 bits per heavy atom. The molecule has 0 saturated heterocycles. The summed E-state index contributed by atoms with van der Waals surface area (Å²) in [6.07, 6.45) is -3.35. The maximum atomic E-state index is 12.7. The van der Waals surface area contributed by atoms with Gasteiger partial charge in [-0.3, -0.25) is 9.59 Å². The molecule has 0 aliphatic carbocycles. The summed E-state index contributed by atoms with van der Waals surface area (Å²) < 4.78 is 43.3. The number of rotatable bonds is 6.